The number of hydrogen-bond donors (Lipinski definition) is 0. The van der Waals surface area contributed by atoms with Crippen LogP contribution in [0.15, 0.2) is 24.3 Å². The minimum atomic E-state index is -0.178. The Morgan fingerprint density at radius 3 is 2.69 bits per heavy atom. The first-order chi connectivity index (χ1) is 7.61. The summed E-state index contributed by atoms with van der Waals surface area (Å²) in [6, 6.07) is 7.44. The van der Waals surface area contributed by atoms with Gasteiger partial charge in [-0.25, -0.2) is 4.39 Å². The molecule has 1 aliphatic rings. The number of morpholine rings is 1. The summed E-state index contributed by atoms with van der Waals surface area (Å²) in [5.74, 6) is -0.178. The second kappa shape index (κ2) is 4.52. The molecule has 0 aromatic heterocycles. The smallest absolute Gasteiger partial charge is 0.129 e. The van der Waals surface area contributed by atoms with E-state index >= 15 is 0 Å². The molecule has 16 heavy (non-hydrogen) atoms. The van der Waals surface area contributed by atoms with Gasteiger partial charge >= 0.3 is 0 Å². The molecule has 0 N–H and O–H groups in total. The Hall–Kier alpha value is -0.930. The molecule has 2 rings (SSSR count). The molecule has 3 atom stereocenters. The maximum Gasteiger partial charge on any atom is 0.129 e. The third kappa shape index (κ3) is 1.97. The van der Waals surface area contributed by atoms with Crippen molar-refractivity contribution in [2.24, 2.45) is 0 Å². The SMILES string of the molecule is C[C@@H]1[C@@H](c2ccccc2F)OC[C@H](C)N1C. The highest BCUT2D eigenvalue weighted by atomic mass is 19.1. The van der Waals surface area contributed by atoms with Crippen LogP contribution in [-0.2, 0) is 4.74 Å². The standard InChI is InChI=1S/C13H18FNO/c1-9-8-16-13(10(2)15(9)3)11-6-4-5-7-12(11)14/h4-7,9-10,13H,8H2,1-3H3/t9-,10+,13-/m0/s1. The molecular weight excluding hydrogens is 205 g/mol. The van der Waals surface area contributed by atoms with E-state index in [0.29, 0.717) is 18.2 Å². The van der Waals surface area contributed by atoms with Gasteiger partial charge in [-0.2, -0.15) is 0 Å². The van der Waals surface area contributed by atoms with Gasteiger partial charge in [0.15, 0.2) is 0 Å². The molecule has 1 heterocycles. The highest BCUT2D eigenvalue weighted by Gasteiger charge is 2.32. The number of hydrogen-bond acceptors (Lipinski definition) is 2. The van der Waals surface area contributed by atoms with Crippen molar-refractivity contribution in [1.82, 2.24) is 4.90 Å². The molecule has 88 valence electrons. The maximum absolute atomic E-state index is 13.7. The molecule has 1 fully saturated rings. The van der Waals surface area contributed by atoms with Gasteiger partial charge in [-0.3, -0.25) is 4.90 Å². The van der Waals surface area contributed by atoms with Gasteiger partial charge in [0.2, 0.25) is 0 Å². The number of likely N-dealkylation sites (N-methyl/N-ethyl adjacent to an activating group) is 1. The molecule has 0 spiro atoms. The Bertz CT molecular complexity index is 369. The molecule has 2 nitrogen and oxygen atoms in total. The Morgan fingerprint density at radius 1 is 1.31 bits per heavy atom. The number of nitrogens with zero attached hydrogens (tertiary/aromatic N) is 1. The highest BCUT2D eigenvalue weighted by Crippen LogP contribution is 2.31. The van der Waals surface area contributed by atoms with Crippen molar-refractivity contribution in [2.75, 3.05) is 13.7 Å². The molecule has 0 amide bonds. The summed E-state index contributed by atoms with van der Waals surface area (Å²) in [5.41, 5.74) is 0.661. The Morgan fingerprint density at radius 2 is 2.00 bits per heavy atom. The van der Waals surface area contributed by atoms with Crippen molar-refractivity contribution in [2.45, 2.75) is 32.0 Å². The van der Waals surface area contributed by atoms with E-state index in [-0.39, 0.29) is 18.0 Å². The largest absolute Gasteiger partial charge is 0.370 e. The van der Waals surface area contributed by atoms with E-state index in [4.69, 9.17) is 4.74 Å². The van der Waals surface area contributed by atoms with Gasteiger partial charge in [0, 0.05) is 17.6 Å². The average molecular weight is 223 g/mol. The fraction of sp³-hybridized carbons (Fsp3) is 0.538. The summed E-state index contributed by atoms with van der Waals surface area (Å²) in [5, 5.41) is 0. The molecule has 0 saturated carbocycles. The zero-order valence-corrected chi connectivity index (χ0v) is 9.98. The number of rotatable bonds is 1. The van der Waals surface area contributed by atoms with Gasteiger partial charge in [0.05, 0.1) is 6.61 Å². The molecule has 1 aliphatic heterocycles. The summed E-state index contributed by atoms with van der Waals surface area (Å²) in [6.07, 6.45) is -0.164. The van der Waals surface area contributed by atoms with E-state index in [2.05, 4.69) is 25.8 Å². The molecule has 3 heteroatoms. The van der Waals surface area contributed by atoms with Crippen molar-refractivity contribution in [1.29, 1.82) is 0 Å². The topological polar surface area (TPSA) is 12.5 Å². The first-order valence-corrected chi connectivity index (χ1v) is 5.69. The lowest BCUT2D eigenvalue weighted by molar-refractivity contribution is -0.0865. The second-order valence-electron chi connectivity index (χ2n) is 4.53. The van der Waals surface area contributed by atoms with Crippen LogP contribution in [0.1, 0.15) is 25.5 Å². The molecule has 0 unspecified atom stereocenters. The normalized spacial score (nSPS) is 31.6. The van der Waals surface area contributed by atoms with Gasteiger partial charge in [0.1, 0.15) is 11.9 Å². The van der Waals surface area contributed by atoms with Crippen LogP contribution in [0.25, 0.3) is 0 Å². The molecule has 1 aromatic rings. The van der Waals surface area contributed by atoms with Crippen molar-refractivity contribution in [3.05, 3.63) is 35.6 Å². The summed E-state index contributed by atoms with van der Waals surface area (Å²) in [7, 11) is 2.06. The molecule has 0 aliphatic carbocycles. The van der Waals surface area contributed by atoms with E-state index in [1.165, 1.54) is 6.07 Å². The van der Waals surface area contributed by atoms with Gasteiger partial charge in [-0.05, 0) is 27.0 Å². The fourth-order valence-corrected chi connectivity index (χ4v) is 2.17. The maximum atomic E-state index is 13.7. The predicted octanol–water partition coefficient (Wildman–Crippen LogP) is 2.61. The van der Waals surface area contributed by atoms with Crippen LogP contribution < -0.4 is 0 Å². The van der Waals surface area contributed by atoms with Crippen molar-refractivity contribution in [3.8, 4) is 0 Å². The summed E-state index contributed by atoms with van der Waals surface area (Å²) in [6.45, 7) is 4.85. The molecule has 1 saturated heterocycles. The highest BCUT2D eigenvalue weighted by molar-refractivity contribution is 5.21. The Labute approximate surface area is 96.0 Å². The van der Waals surface area contributed by atoms with Gasteiger partial charge in [-0.15, -0.1) is 0 Å². The van der Waals surface area contributed by atoms with Gasteiger partial charge < -0.3 is 4.74 Å². The van der Waals surface area contributed by atoms with Gasteiger partial charge in [-0.1, -0.05) is 18.2 Å². The van der Waals surface area contributed by atoms with E-state index < -0.39 is 0 Å². The van der Waals surface area contributed by atoms with E-state index in [1.54, 1.807) is 12.1 Å². The van der Waals surface area contributed by atoms with Crippen LogP contribution >= 0.6 is 0 Å². The summed E-state index contributed by atoms with van der Waals surface area (Å²) in [4.78, 5) is 2.24. The number of halogens is 1. The lowest BCUT2D eigenvalue weighted by Crippen LogP contribution is -2.48. The van der Waals surface area contributed by atoms with Crippen molar-refractivity contribution >= 4 is 0 Å². The van der Waals surface area contributed by atoms with Crippen LogP contribution in [0.5, 0.6) is 0 Å². The third-order valence-corrected chi connectivity index (χ3v) is 3.50. The first-order valence-electron chi connectivity index (χ1n) is 5.69. The fourth-order valence-electron chi connectivity index (χ4n) is 2.17. The third-order valence-electron chi connectivity index (χ3n) is 3.50. The monoisotopic (exact) mass is 223 g/mol. The summed E-state index contributed by atoms with van der Waals surface area (Å²) >= 11 is 0. The van der Waals surface area contributed by atoms with Crippen LogP contribution in [0.2, 0.25) is 0 Å². The van der Waals surface area contributed by atoms with Gasteiger partial charge in [0.25, 0.3) is 0 Å². The van der Waals surface area contributed by atoms with Crippen LogP contribution in [0, 0.1) is 5.82 Å². The predicted molar refractivity (Wildman–Crippen MR) is 61.8 cm³/mol. The lowest BCUT2D eigenvalue weighted by atomic mass is 9.99. The second-order valence-corrected chi connectivity index (χ2v) is 4.53. The number of benzene rings is 1. The first kappa shape index (κ1) is 11.6. The summed E-state index contributed by atoms with van der Waals surface area (Å²) < 4.78 is 19.4. The van der Waals surface area contributed by atoms with Crippen LogP contribution in [0.3, 0.4) is 0 Å². The number of ether oxygens (including phenoxy) is 1. The quantitative estimate of drug-likeness (QED) is 0.725. The Balaban J connectivity index is 2.25. The van der Waals surface area contributed by atoms with Crippen LogP contribution in [-0.4, -0.2) is 30.6 Å². The van der Waals surface area contributed by atoms with E-state index in [9.17, 15) is 4.39 Å². The van der Waals surface area contributed by atoms with Crippen molar-refractivity contribution in [3.63, 3.8) is 0 Å². The average Bonchev–Trinajstić information content (AvgIpc) is 2.28. The zero-order valence-electron chi connectivity index (χ0n) is 9.98. The Kier molecular flexibility index (Phi) is 3.26. The lowest BCUT2D eigenvalue weighted by Gasteiger charge is -2.41. The van der Waals surface area contributed by atoms with Crippen LogP contribution in [0.4, 0.5) is 4.39 Å². The molecule has 0 radical (unpaired) electrons. The minimum Gasteiger partial charge on any atom is -0.370 e. The van der Waals surface area contributed by atoms with E-state index in [0.717, 1.165) is 0 Å². The molecule has 0 bridgehead atoms. The van der Waals surface area contributed by atoms with E-state index in [1.807, 2.05) is 6.07 Å². The zero-order chi connectivity index (χ0) is 11.7. The minimum absolute atomic E-state index is 0.164. The van der Waals surface area contributed by atoms with Crippen molar-refractivity contribution < 1.29 is 9.13 Å². The molecular formula is C13H18FNO. The molecule has 1 aromatic carbocycles.